The predicted octanol–water partition coefficient (Wildman–Crippen LogP) is 5.00. The lowest BCUT2D eigenvalue weighted by Gasteiger charge is -2.63. The third-order valence-electron chi connectivity index (χ3n) is 12.8. The number of ether oxygens (including phenoxy) is 1. The number of amides is 5. The van der Waals surface area contributed by atoms with Gasteiger partial charge in [-0.1, -0.05) is 27.7 Å². The van der Waals surface area contributed by atoms with Crippen molar-refractivity contribution in [3.63, 3.8) is 0 Å². The smallest absolute Gasteiger partial charge is 0.262 e. The van der Waals surface area contributed by atoms with Gasteiger partial charge in [0.05, 0.1) is 16.7 Å². The Balaban J connectivity index is 0.850. The van der Waals surface area contributed by atoms with Gasteiger partial charge >= 0.3 is 0 Å². The fraction of sp³-hybridized carbons (Fsp3) is 0.442. The molecule has 5 aliphatic rings. The molecular formula is C43H45FN6O6. The Hall–Kier alpha value is -5.61. The van der Waals surface area contributed by atoms with Crippen molar-refractivity contribution in [3.8, 4) is 11.8 Å². The summed E-state index contributed by atoms with van der Waals surface area (Å²) in [4.78, 5) is 70.0. The monoisotopic (exact) mass is 760 g/mol. The molecule has 56 heavy (non-hydrogen) atoms. The molecule has 13 heteroatoms. The van der Waals surface area contributed by atoms with Crippen LogP contribution in [0.5, 0.6) is 5.75 Å². The number of benzene rings is 3. The van der Waals surface area contributed by atoms with Crippen LogP contribution in [-0.4, -0.2) is 76.7 Å². The lowest BCUT2D eigenvalue weighted by Crippen LogP contribution is -2.74. The fourth-order valence-corrected chi connectivity index (χ4v) is 9.99. The quantitative estimate of drug-likeness (QED) is 0.317. The zero-order chi connectivity index (χ0) is 39.8. The molecule has 1 saturated carbocycles. The average Bonchev–Trinajstić information content (AvgIpc) is 3.70. The first-order valence-corrected chi connectivity index (χ1v) is 19.2. The number of nitriles is 1. The molecule has 0 radical (unpaired) electrons. The molecule has 0 spiro atoms. The minimum absolute atomic E-state index is 0.0236. The van der Waals surface area contributed by atoms with E-state index in [0.29, 0.717) is 41.6 Å². The molecule has 1 unspecified atom stereocenters. The first-order chi connectivity index (χ1) is 26.6. The minimum atomic E-state index is -0.979. The predicted molar refractivity (Wildman–Crippen MR) is 203 cm³/mol. The molecule has 3 fully saturated rings. The number of hydrogen-bond acceptors (Lipinski definition) is 9. The highest BCUT2D eigenvalue weighted by molar-refractivity contribution is 6.23. The highest BCUT2D eigenvalue weighted by atomic mass is 19.1. The van der Waals surface area contributed by atoms with Crippen LogP contribution in [0.1, 0.15) is 107 Å². The van der Waals surface area contributed by atoms with Crippen LogP contribution in [0.3, 0.4) is 0 Å². The normalized spacial score (nSPS) is 24.3. The van der Waals surface area contributed by atoms with Crippen molar-refractivity contribution in [2.45, 2.75) is 97.6 Å². The van der Waals surface area contributed by atoms with Gasteiger partial charge in [-0.3, -0.25) is 39.1 Å². The Labute approximate surface area is 324 Å². The molecular weight excluding hydrogens is 716 g/mol. The summed E-state index contributed by atoms with van der Waals surface area (Å²) in [5.41, 5.74) is 3.62. The van der Waals surface area contributed by atoms with Gasteiger partial charge in [-0.15, -0.1) is 0 Å². The first-order valence-electron chi connectivity index (χ1n) is 19.2. The second-order valence-corrected chi connectivity index (χ2v) is 17.0. The van der Waals surface area contributed by atoms with Crippen LogP contribution in [0.4, 0.5) is 10.1 Å². The van der Waals surface area contributed by atoms with Crippen LogP contribution < -0.4 is 20.3 Å². The van der Waals surface area contributed by atoms with E-state index in [1.165, 1.54) is 6.07 Å². The molecule has 290 valence electrons. The number of fused-ring (bicyclic) bond motifs is 2. The third kappa shape index (κ3) is 6.02. The Morgan fingerprint density at radius 1 is 0.911 bits per heavy atom. The van der Waals surface area contributed by atoms with Gasteiger partial charge < -0.3 is 15.0 Å². The van der Waals surface area contributed by atoms with Crippen molar-refractivity contribution in [2.75, 3.05) is 18.0 Å². The van der Waals surface area contributed by atoms with Gasteiger partial charge in [-0.05, 0) is 85.8 Å². The van der Waals surface area contributed by atoms with Crippen molar-refractivity contribution in [2.24, 2.45) is 10.8 Å². The summed E-state index contributed by atoms with van der Waals surface area (Å²) in [7, 11) is 0. The second-order valence-electron chi connectivity index (χ2n) is 17.0. The number of rotatable bonds is 7. The molecule has 3 aromatic carbocycles. The summed E-state index contributed by atoms with van der Waals surface area (Å²) >= 11 is 0. The van der Waals surface area contributed by atoms with E-state index < -0.39 is 46.3 Å². The maximum Gasteiger partial charge on any atom is 0.262 e. The van der Waals surface area contributed by atoms with Gasteiger partial charge in [0.1, 0.15) is 29.8 Å². The van der Waals surface area contributed by atoms with Gasteiger partial charge in [-0.2, -0.15) is 5.26 Å². The molecule has 2 saturated heterocycles. The van der Waals surface area contributed by atoms with E-state index in [4.69, 9.17) is 4.74 Å². The standard InChI is InChI=1S/C43H45FN6O6/c1-23-33(12-8-25(20-45)35(23)44)56-41-42(2,3)40(43(41,4)5)47-36(52)24-6-9-28(10-7-24)48-16-14-29(15-17-48)49-21-26-18-30-31(19-27(26)22-49)39(55)50(38(30)54)32-11-13-34(51)46-37(32)53/h6-10,12,18-19,29,32,40-41H,11,13-17,21-22H2,1-5H3,(H,47,52)(H,46,51,53). The molecule has 3 aromatic rings. The Morgan fingerprint density at radius 3 is 2.09 bits per heavy atom. The maximum atomic E-state index is 14.7. The summed E-state index contributed by atoms with van der Waals surface area (Å²) < 4.78 is 21.0. The van der Waals surface area contributed by atoms with Crippen LogP contribution in [0.2, 0.25) is 0 Å². The number of piperidine rings is 2. The van der Waals surface area contributed by atoms with E-state index >= 15 is 0 Å². The van der Waals surface area contributed by atoms with Crippen LogP contribution in [0, 0.1) is 34.9 Å². The summed E-state index contributed by atoms with van der Waals surface area (Å²) in [6.45, 7) is 12.8. The van der Waals surface area contributed by atoms with Gasteiger partial charge in [0, 0.05) is 72.3 Å². The van der Waals surface area contributed by atoms with Crippen LogP contribution in [-0.2, 0) is 22.7 Å². The number of hydrogen-bond donors (Lipinski definition) is 2. The summed E-state index contributed by atoms with van der Waals surface area (Å²) in [6.07, 6.45) is 1.77. The highest BCUT2D eigenvalue weighted by Gasteiger charge is 2.64. The lowest BCUT2D eigenvalue weighted by atomic mass is 9.49. The van der Waals surface area contributed by atoms with E-state index in [1.807, 2.05) is 70.2 Å². The molecule has 0 bridgehead atoms. The molecule has 8 rings (SSSR count). The zero-order valence-corrected chi connectivity index (χ0v) is 32.2. The van der Waals surface area contributed by atoms with E-state index in [2.05, 4.69) is 20.4 Å². The van der Waals surface area contributed by atoms with Crippen molar-refractivity contribution in [1.82, 2.24) is 20.4 Å². The second kappa shape index (κ2) is 13.5. The first kappa shape index (κ1) is 37.3. The molecule has 12 nitrogen and oxygen atoms in total. The van der Waals surface area contributed by atoms with E-state index in [9.17, 15) is 33.6 Å². The van der Waals surface area contributed by atoms with Crippen LogP contribution >= 0.6 is 0 Å². The number of nitrogens with one attached hydrogen (secondary N) is 2. The fourth-order valence-electron chi connectivity index (χ4n) is 9.99. The summed E-state index contributed by atoms with van der Waals surface area (Å²) in [5.74, 6) is -2.35. The van der Waals surface area contributed by atoms with Crippen molar-refractivity contribution >= 4 is 35.2 Å². The van der Waals surface area contributed by atoms with Gasteiger partial charge in [0.15, 0.2) is 0 Å². The zero-order valence-electron chi connectivity index (χ0n) is 32.2. The van der Waals surface area contributed by atoms with E-state index in [0.717, 1.165) is 47.6 Å². The average molecular weight is 761 g/mol. The number of carbonyl (C=O) groups excluding carboxylic acids is 5. The van der Waals surface area contributed by atoms with Crippen molar-refractivity contribution in [1.29, 1.82) is 5.26 Å². The number of anilines is 1. The van der Waals surface area contributed by atoms with E-state index in [1.54, 1.807) is 13.0 Å². The Bertz CT molecular complexity index is 2180. The molecule has 5 amide bonds. The molecule has 4 heterocycles. The van der Waals surface area contributed by atoms with Gasteiger partial charge in [0.2, 0.25) is 11.8 Å². The lowest BCUT2D eigenvalue weighted by molar-refractivity contribution is -0.164. The van der Waals surface area contributed by atoms with Gasteiger partial charge in [0.25, 0.3) is 17.7 Å². The molecule has 1 atom stereocenters. The maximum absolute atomic E-state index is 14.7. The summed E-state index contributed by atoms with van der Waals surface area (Å²) in [6, 6.07) is 15.4. The SMILES string of the molecule is Cc1c(OC2C(C)(C)C(NC(=O)c3ccc(N4CCC(N5Cc6cc7c(cc6C5)C(=O)N(C5CCC(=O)NC5=O)C7=O)CC4)cc3)C2(C)C)ccc(C#N)c1F. The number of imide groups is 2. The van der Waals surface area contributed by atoms with Crippen molar-refractivity contribution < 1.29 is 33.1 Å². The van der Waals surface area contributed by atoms with E-state index in [-0.39, 0.29) is 42.0 Å². The number of halogens is 1. The number of nitrogens with zero attached hydrogens (tertiary/aromatic N) is 4. The highest BCUT2D eigenvalue weighted by Crippen LogP contribution is 2.56. The molecule has 4 aliphatic heterocycles. The minimum Gasteiger partial charge on any atom is -0.489 e. The van der Waals surface area contributed by atoms with Crippen LogP contribution in [0.25, 0.3) is 0 Å². The Morgan fingerprint density at radius 2 is 1.52 bits per heavy atom. The topological polar surface area (TPSA) is 152 Å². The number of carbonyl (C=O) groups is 5. The molecule has 2 N–H and O–H groups in total. The third-order valence-corrected chi connectivity index (χ3v) is 12.8. The van der Waals surface area contributed by atoms with Crippen molar-refractivity contribution in [3.05, 3.63) is 93.3 Å². The Kier molecular flexibility index (Phi) is 9.03. The van der Waals surface area contributed by atoms with Gasteiger partial charge in [-0.25, -0.2) is 4.39 Å². The van der Waals surface area contributed by atoms with Crippen LogP contribution in [0.15, 0.2) is 48.5 Å². The largest absolute Gasteiger partial charge is 0.489 e. The molecule has 1 aliphatic carbocycles. The summed E-state index contributed by atoms with van der Waals surface area (Å²) in [5, 5.41) is 14.7. The molecule has 0 aromatic heterocycles.